The summed E-state index contributed by atoms with van der Waals surface area (Å²) in [5.41, 5.74) is 5.49. The third kappa shape index (κ3) is 13.6. The summed E-state index contributed by atoms with van der Waals surface area (Å²) in [6.07, 6.45) is 10.6. The number of aromatic nitrogens is 6. The van der Waals surface area contributed by atoms with Crippen LogP contribution in [0.4, 0.5) is 0 Å². The van der Waals surface area contributed by atoms with Crippen molar-refractivity contribution >= 4 is 10.4 Å². The molecule has 10 nitrogen and oxygen atoms in total. The van der Waals surface area contributed by atoms with Gasteiger partial charge in [0, 0.05) is 47.6 Å². The second-order valence-corrected chi connectivity index (χ2v) is 8.51. The van der Waals surface area contributed by atoms with Gasteiger partial charge in [0.25, 0.3) is 0 Å². The van der Waals surface area contributed by atoms with Gasteiger partial charge in [-0.3, -0.25) is 38.3 Å². The van der Waals surface area contributed by atoms with E-state index in [1.165, 1.54) is 0 Å². The van der Waals surface area contributed by atoms with Crippen molar-refractivity contribution in [1.29, 1.82) is 0 Å². The summed E-state index contributed by atoms with van der Waals surface area (Å²) in [6, 6.07) is 34.8. The second-order valence-electron chi connectivity index (χ2n) is 7.70. The van der Waals surface area contributed by atoms with Gasteiger partial charge in [0.1, 0.15) is 0 Å². The van der Waals surface area contributed by atoms with Crippen LogP contribution in [-0.2, 0) is 27.5 Å². The third-order valence-electron chi connectivity index (χ3n) is 4.78. The molecule has 6 rings (SSSR count). The zero-order chi connectivity index (χ0) is 29.2. The monoisotopic (exact) mass is 620 g/mol. The van der Waals surface area contributed by atoms with Gasteiger partial charge in [-0.1, -0.05) is 36.4 Å². The Morgan fingerprint density at radius 1 is 0.357 bits per heavy atom. The van der Waals surface area contributed by atoms with Crippen LogP contribution in [0.15, 0.2) is 146 Å². The summed E-state index contributed by atoms with van der Waals surface area (Å²) >= 11 is 0. The van der Waals surface area contributed by atoms with Crippen molar-refractivity contribution in [3.8, 4) is 34.2 Å². The second kappa shape index (κ2) is 18.6. The van der Waals surface area contributed by atoms with Gasteiger partial charge in [-0.05, 0) is 72.8 Å². The Morgan fingerprint density at radius 3 is 0.595 bits per heavy atom. The van der Waals surface area contributed by atoms with Gasteiger partial charge in [-0.15, -0.1) is 0 Å². The fourth-order valence-corrected chi connectivity index (χ4v) is 3.09. The minimum atomic E-state index is -5.17. The molecule has 0 amide bonds. The summed E-state index contributed by atoms with van der Waals surface area (Å²) in [5.74, 6) is 0. The molecule has 6 heterocycles. The smallest absolute Gasteiger partial charge is 0.759 e. The van der Waals surface area contributed by atoms with Gasteiger partial charge < -0.3 is 9.11 Å². The Bertz CT molecular complexity index is 1340. The van der Waals surface area contributed by atoms with E-state index < -0.39 is 10.4 Å². The molecule has 42 heavy (non-hydrogen) atoms. The Balaban J connectivity index is 0.000000202. The van der Waals surface area contributed by atoms with E-state index in [4.69, 9.17) is 17.5 Å². The molecule has 6 aromatic rings. The van der Waals surface area contributed by atoms with Crippen molar-refractivity contribution in [3.05, 3.63) is 146 Å². The molecular weight excluding hydrogens is 596 g/mol. The number of hydrogen-bond donors (Lipinski definition) is 0. The summed E-state index contributed by atoms with van der Waals surface area (Å²) < 4.78 is 34.1. The fourth-order valence-electron chi connectivity index (χ4n) is 3.09. The van der Waals surface area contributed by atoms with E-state index >= 15 is 0 Å². The normalized spacial score (nSPS) is 9.67. The molecular formula is C30H24FeN6O4S. The molecule has 0 radical (unpaired) electrons. The average molecular weight is 620 g/mol. The molecule has 0 aliphatic carbocycles. The molecule has 0 aliphatic heterocycles. The van der Waals surface area contributed by atoms with Crippen molar-refractivity contribution in [3.63, 3.8) is 0 Å². The van der Waals surface area contributed by atoms with E-state index in [1.807, 2.05) is 109 Å². The fraction of sp³-hybridized carbons (Fsp3) is 0. The summed E-state index contributed by atoms with van der Waals surface area (Å²) in [6.45, 7) is 0. The standard InChI is InChI=1S/3C10H8N2.Fe.H2O4S/c3*1-3-7-11-9(5-1)10-6-2-4-8-12-10;;1-5(2,3)4/h3*1-8H;;(H2,1,2,3,4)/q;;;+2;/p-2. The predicted molar refractivity (Wildman–Crippen MR) is 153 cm³/mol. The maximum atomic E-state index is 8.52. The van der Waals surface area contributed by atoms with Crippen LogP contribution in [0.3, 0.4) is 0 Å². The van der Waals surface area contributed by atoms with E-state index in [2.05, 4.69) is 29.9 Å². The Hall–Kier alpha value is -4.71. The van der Waals surface area contributed by atoms with Crippen LogP contribution in [0, 0.1) is 0 Å². The minimum absolute atomic E-state index is 0. The Morgan fingerprint density at radius 2 is 0.500 bits per heavy atom. The summed E-state index contributed by atoms with van der Waals surface area (Å²) in [4.78, 5) is 25.1. The molecule has 0 fully saturated rings. The maximum Gasteiger partial charge on any atom is 2.00 e. The van der Waals surface area contributed by atoms with E-state index in [9.17, 15) is 0 Å². The molecule has 0 unspecified atom stereocenters. The number of hydrogen-bond acceptors (Lipinski definition) is 10. The van der Waals surface area contributed by atoms with Crippen LogP contribution in [-0.4, -0.2) is 47.4 Å². The topological polar surface area (TPSA) is 158 Å². The number of pyridine rings is 6. The maximum absolute atomic E-state index is 8.52. The zero-order valence-corrected chi connectivity index (χ0v) is 23.9. The van der Waals surface area contributed by atoms with E-state index in [0.29, 0.717) is 0 Å². The average Bonchev–Trinajstić information content (AvgIpc) is 3.04. The molecule has 0 bridgehead atoms. The molecule has 0 spiro atoms. The number of nitrogens with zero attached hydrogens (tertiary/aromatic N) is 6. The molecule has 0 saturated heterocycles. The van der Waals surface area contributed by atoms with Gasteiger partial charge in [0.05, 0.1) is 34.2 Å². The molecule has 0 saturated carbocycles. The van der Waals surface area contributed by atoms with E-state index in [0.717, 1.165) is 34.2 Å². The molecule has 212 valence electrons. The van der Waals surface area contributed by atoms with Crippen molar-refractivity contribution in [2.75, 3.05) is 0 Å². The first-order chi connectivity index (χ1) is 19.9. The van der Waals surface area contributed by atoms with Gasteiger partial charge >= 0.3 is 17.1 Å². The summed E-state index contributed by atoms with van der Waals surface area (Å²) in [5, 5.41) is 0. The minimum Gasteiger partial charge on any atom is -0.759 e. The molecule has 0 atom stereocenters. The van der Waals surface area contributed by atoms with E-state index in [1.54, 1.807) is 37.2 Å². The SMILES string of the molecule is O=S(=O)([O-])[O-].[Fe+2].c1ccc(-c2ccccn2)nc1.c1ccc(-c2ccccn2)nc1.c1ccc(-c2ccccn2)nc1. The van der Waals surface area contributed by atoms with Gasteiger partial charge in [0.2, 0.25) is 0 Å². The van der Waals surface area contributed by atoms with Crippen LogP contribution >= 0.6 is 0 Å². The zero-order valence-electron chi connectivity index (χ0n) is 21.9. The van der Waals surface area contributed by atoms with Crippen LogP contribution in [0.25, 0.3) is 34.2 Å². The first-order valence-electron chi connectivity index (χ1n) is 12.0. The van der Waals surface area contributed by atoms with Crippen LogP contribution in [0.1, 0.15) is 0 Å². The first kappa shape index (κ1) is 33.5. The van der Waals surface area contributed by atoms with Gasteiger partial charge in [0.15, 0.2) is 0 Å². The van der Waals surface area contributed by atoms with Crippen LogP contribution in [0.2, 0.25) is 0 Å². The van der Waals surface area contributed by atoms with Crippen LogP contribution < -0.4 is 0 Å². The molecule has 0 aromatic carbocycles. The van der Waals surface area contributed by atoms with Gasteiger partial charge in [-0.25, -0.2) is 0 Å². The van der Waals surface area contributed by atoms with Crippen molar-refractivity contribution in [2.24, 2.45) is 0 Å². The largest absolute Gasteiger partial charge is 2.00 e. The first-order valence-corrected chi connectivity index (χ1v) is 13.4. The van der Waals surface area contributed by atoms with Crippen molar-refractivity contribution in [1.82, 2.24) is 29.9 Å². The molecule has 0 N–H and O–H groups in total. The van der Waals surface area contributed by atoms with E-state index in [-0.39, 0.29) is 17.1 Å². The Kier molecular flexibility index (Phi) is 14.8. The molecule has 12 heteroatoms. The van der Waals surface area contributed by atoms with Crippen molar-refractivity contribution < 1.29 is 34.6 Å². The number of rotatable bonds is 3. The third-order valence-corrected chi connectivity index (χ3v) is 4.78. The Labute approximate surface area is 254 Å². The summed E-state index contributed by atoms with van der Waals surface area (Å²) in [7, 11) is -5.17. The molecule has 0 aliphatic rings. The van der Waals surface area contributed by atoms with Crippen LogP contribution in [0.5, 0.6) is 0 Å². The van der Waals surface area contributed by atoms with Gasteiger partial charge in [-0.2, -0.15) is 0 Å². The molecule has 6 aromatic heterocycles. The predicted octanol–water partition coefficient (Wildman–Crippen LogP) is 5.09. The van der Waals surface area contributed by atoms with Crippen molar-refractivity contribution in [2.45, 2.75) is 0 Å². The quantitative estimate of drug-likeness (QED) is 0.148.